The van der Waals surface area contributed by atoms with Crippen molar-refractivity contribution in [1.82, 2.24) is 31.2 Å². The van der Waals surface area contributed by atoms with Gasteiger partial charge in [0, 0.05) is 68.9 Å². The fraction of sp³-hybridized carbons (Fsp3) is 0.625. The van der Waals surface area contributed by atoms with Crippen LogP contribution in [0.5, 0.6) is 0 Å². The number of carbonyl (C=O) groups excluding carboxylic acids is 5. The average Bonchev–Trinajstić information content (AvgIpc) is 3.40. The van der Waals surface area contributed by atoms with Gasteiger partial charge >= 0.3 is 11.9 Å². The quantitative estimate of drug-likeness (QED) is 0.0841. The molecule has 40 heavy (non-hydrogen) atoms. The minimum atomic E-state index is -1.56. The standard InChI is InChI=1S/C24H38N6O9S/c1-15(31)30-17(22(36)37)4-5-19(33)39-13-24(2,3)20(34)21(35)27-9-7-18(32)26-10-11-40-23(38)28-8-6-16-12-25-14-29-16/h12,14,17,20,34H,4-11,13H2,1-3H3,(H,25,29)(H,26,32)(H,27,35)(H,28,38)(H,30,31)(H,36,37)/t17-,20-/m0/s1. The van der Waals surface area contributed by atoms with Crippen LogP contribution in [0.4, 0.5) is 4.79 Å². The number of H-pyrrole nitrogens is 1. The summed E-state index contributed by atoms with van der Waals surface area (Å²) in [4.78, 5) is 77.1. The van der Waals surface area contributed by atoms with Crippen LogP contribution in [0.2, 0.25) is 0 Å². The molecule has 15 nitrogen and oxygen atoms in total. The van der Waals surface area contributed by atoms with Crippen LogP contribution in [0.1, 0.15) is 45.7 Å². The molecule has 0 aliphatic heterocycles. The third-order valence-corrected chi connectivity index (χ3v) is 6.25. The zero-order chi connectivity index (χ0) is 30.1. The Kier molecular flexibility index (Phi) is 15.3. The number of aromatic amines is 1. The molecule has 0 bridgehead atoms. The van der Waals surface area contributed by atoms with Crippen molar-refractivity contribution in [2.75, 3.05) is 32.0 Å². The molecular weight excluding hydrogens is 548 g/mol. The van der Waals surface area contributed by atoms with E-state index in [-0.39, 0.29) is 50.1 Å². The van der Waals surface area contributed by atoms with Crippen LogP contribution in [0.15, 0.2) is 12.5 Å². The van der Waals surface area contributed by atoms with Crippen LogP contribution in [0.3, 0.4) is 0 Å². The lowest BCUT2D eigenvalue weighted by Gasteiger charge is -2.29. The first-order chi connectivity index (χ1) is 18.8. The van der Waals surface area contributed by atoms with Crippen molar-refractivity contribution in [1.29, 1.82) is 0 Å². The molecule has 0 aromatic carbocycles. The number of nitrogens with one attached hydrogen (secondary N) is 5. The van der Waals surface area contributed by atoms with Crippen molar-refractivity contribution in [3.05, 3.63) is 18.2 Å². The molecule has 7 N–H and O–H groups in total. The van der Waals surface area contributed by atoms with Gasteiger partial charge in [-0.25, -0.2) is 9.78 Å². The molecule has 224 valence electrons. The highest BCUT2D eigenvalue weighted by Crippen LogP contribution is 2.22. The van der Waals surface area contributed by atoms with Gasteiger partial charge in [-0.2, -0.15) is 0 Å². The Morgan fingerprint density at radius 3 is 2.42 bits per heavy atom. The average molecular weight is 587 g/mol. The Bertz CT molecular complexity index is 1000. The van der Waals surface area contributed by atoms with E-state index >= 15 is 0 Å². The number of aliphatic hydroxyl groups excluding tert-OH is 1. The number of rotatable bonds is 18. The smallest absolute Gasteiger partial charge is 0.326 e. The first kappa shape index (κ1) is 34.4. The number of imidazole rings is 1. The highest BCUT2D eigenvalue weighted by Gasteiger charge is 2.35. The van der Waals surface area contributed by atoms with Gasteiger partial charge in [0.05, 0.1) is 12.9 Å². The molecule has 0 aliphatic rings. The van der Waals surface area contributed by atoms with Gasteiger partial charge in [0.2, 0.25) is 17.7 Å². The minimum absolute atomic E-state index is 0.0431. The number of aromatic nitrogens is 2. The maximum absolute atomic E-state index is 12.3. The summed E-state index contributed by atoms with van der Waals surface area (Å²) < 4.78 is 5.08. The fourth-order valence-corrected chi connectivity index (χ4v) is 3.72. The van der Waals surface area contributed by atoms with Gasteiger partial charge in [0.25, 0.3) is 5.24 Å². The van der Waals surface area contributed by atoms with E-state index in [1.165, 1.54) is 13.8 Å². The predicted octanol–water partition coefficient (Wildman–Crippen LogP) is -0.683. The number of hydrogen-bond donors (Lipinski definition) is 7. The third-order valence-electron chi connectivity index (χ3n) is 5.43. The lowest BCUT2D eigenvalue weighted by atomic mass is 9.87. The topological polar surface area (TPSA) is 229 Å². The fourth-order valence-electron chi connectivity index (χ4n) is 3.13. The van der Waals surface area contributed by atoms with E-state index in [0.717, 1.165) is 24.4 Å². The number of carboxylic acid groups (broad SMARTS) is 1. The summed E-state index contributed by atoms with van der Waals surface area (Å²) in [5.41, 5.74) is -0.268. The monoisotopic (exact) mass is 586 g/mol. The van der Waals surface area contributed by atoms with E-state index < -0.39 is 41.3 Å². The van der Waals surface area contributed by atoms with Gasteiger partial charge in [0.1, 0.15) is 12.1 Å². The lowest BCUT2D eigenvalue weighted by molar-refractivity contribution is -0.154. The number of thioether (sulfide) groups is 1. The summed E-state index contributed by atoms with van der Waals surface area (Å²) in [6.07, 6.45) is 1.79. The third kappa shape index (κ3) is 14.5. The first-order valence-corrected chi connectivity index (χ1v) is 13.6. The van der Waals surface area contributed by atoms with Gasteiger partial charge in [-0.15, -0.1) is 0 Å². The van der Waals surface area contributed by atoms with Gasteiger partial charge in [-0.1, -0.05) is 25.6 Å². The number of nitrogens with zero attached hydrogens (tertiary/aromatic N) is 1. The molecule has 1 heterocycles. The van der Waals surface area contributed by atoms with Gasteiger partial charge < -0.3 is 41.2 Å². The van der Waals surface area contributed by atoms with Crippen LogP contribution >= 0.6 is 11.8 Å². The Morgan fingerprint density at radius 1 is 1.07 bits per heavy atom. The number of carbonyl (C=O) groups is 6. The molecule has 4 amide bonds. The summed E-state index contributed by atoms with van der Waals surface area (Å²) in [5.74, 6) is -3.33. The van der Waals surface area contributed by atoms with E-state index in [1.807, 2.05) is 0 Å². The summed E-state index contributed by atoms with van der Waals surface area (Å²) in [5, 5.41) is 29.3. The molecule has 0 spiro atoms. The number of hydrogen-bond acceptors (Lipinski definition) is 10. The van der Waals surface area contributed by atoms with Crippen molar-refractivity contribution in [2.45, 2.75) is 58.6 Å². The Labute approximate surface area is 236 Å². The number of aliphatic hydroxyl groups is 1. The molecule has 1 rings (SSSR count). The minimum Gasteiger partial charge on any atom is -0.480 e. The number of ether oxygens (including phenoxy) is 1. The molecule has 0 aliphatic carbocycles. The van der Waals surface area contributed by atoms with Crippen LogP contribution in [-0.2, 0) is 35.1 Å². The zero-order valence-corrected chi connectivity index (χ0v) is 23.6. The molecule has 0 saturated carbocycles. The second kappa shape index (κ2) is 17.8. The second-order valence-electron chi connectivity index (χ2n) is 9.46. The van der Waals surface area contributed by atoms with Gasteiger partial charge in [0.15, 0.2) is 0 Å². The molecule has 0 unspecified atom stereocenters. The maximum Gasteiger partial charge on any atom is 0.326 e. The maximum atomic E-state index is 12.3. The molecule has 0 saturated heterocycles. The van der Waals surface area contributed by atoms with Crippen molar-refractivity contribution >= 4 is 46.7 Å². The molecule has 1 aromatic heterocycles. The van der Waals surface area contributed by atoms with E-state index in [0.29, 0.717) is 18.7 Å². The zero-order valence-electron chi connectivity index (χ0n) is 22.8. The number of amides is 4. The molecular formula is C24H38N6O9S. The summed E-state index contributed by atoms with van der Waals surface area (Å²) in [6.45, 7) is 4.50. The van der Waals surface area contributed by atoms with Crippen molar-refractivity contribution in [2.24, 2.45) is 5.41 Å². The number of aliphatic carboxylic acids is 1. The van der Waals surface area contributed by atoms with Crippen molar-refractivity contribution in [3.8, 4) is 0 Å². The van der Waals surface area contributed by atoms with Gasteiger partial charge in [-0.3, -0.25) is 24.0 Å². The van der Waals surface area contributed by atoms with Crippen LogP contribution in [-0.4, -0.2) is 99.2 Å². The molecule has 1 aromatic rings. The Morgan fingerprint density at radius 2 is 1.80 bits per heavy atom. The van der Waals surface area contributed by atoms with Gasteiger partial charge in [-0.05, 0) is 6.42 Å². The van der Waals surface area contributed by atoms with Crippen LogP contribution in [0, 0.1) is 5.41 Å². The normalized spacial score (nSPS) is 12.5. The SMILES string of the molecule is CC(=O)N[C@@H](CCC(=O)OCC(C)(C)[C@@H](O)C(=O)NCCC(=O)NCCSC(=O)NCCc1cnc[nH]1)C(=O)O. The largest absolute Gasteiger partial charge is 0.480 e. The second-order valence-corrected chi connectivity index (χ2v) is 10.5. The van der Waals surface area contributed by atoms with Crippen molar-refractivity contribution < 1.29 is 43.7 Å². The van der Waals surface area contributed by atoms with Crippen LogP contribution in [0.25, 0.3) is 0 Å². The highest BCUT2D eigenvalue weighted by atomic mass is 32.2. The molecule has 0 fully saturated rings. The first-order valence-electron chi connectivity index (χ1n) is 12.6. The highest BCUT2D eigenvalue weighted by molar-refractivity contribution is 8.13. The summed E-state index contributed by atoms with van der Waals surface area (Å²) in [7, 11) is 0. The summed E-state index contributed by atoms with van der Waals surface area (Å²) >= 11 is 1.03. The number of carboxylic acids is 1. The van der Waals surface area contributed by atoms with E-state index in [9.17, 15) is 33.9 Å². The predicted molar refractivity (Wildman–Crippen MR) is 144 cm³/mol. The Balaban J connectivity index is 2.22. The summed E-state index contributed by atoms with van der Waals surface area (Å²) in [6, 6.07) is -1.24. The van der Waals surface area contributed by atoms with E-state index in [4.69, 9.17) is 9.84 Å². The molecule has 2 atom stereocenters. The van der Waals surface area contributed by atoms with Crippen LogP contribution < -0.4 is 21.3 Å². The van der Waals surface area contributed by atoms with E-state index in [1.54, 1.807) is 12.5 Å². The molecule has 16 heteroatoms. The van der Waals surface area contributed by atoms with E-state index in [2.05, 4.69) is 31.2 Å². The number of esters is 1. The lowest BCUT2D eigenvalue weighted by Crippen LogP contribution is -2.47. The Hall–Kier alpha value is -3.66. The molecule has 0 radical (unpaired) electrons. The van der Waals surface area contributed by atoms with Crippen molar-refractivity contribution in [3.63, 3.8) is 0 Å².